The summed E-state index contributed by atoms with van der Waals surface area (Å²) in [6, 6.07) is 0.654. The molecule has 3 N–H and O–H groups in total. The van der Waals surface area contributed by atoms with E-state index in [1.165, 1.54) is 0 Å². The number of carbonyl (C=O) groups excluding carboxylic acids is 1. The Hall–Kier alpha value is -0.770. The minimum absolute atomic E-state index is 0.0741. The second-order valence-corrected chi connectivity index (χ2v) is 4.60. The molecule has 1 saturated carbocycles. The molecule has 74 valence electrons. The van der Waals surface area contributed by atoms with Gasteiger partial charge in [0, 0.05) is 30.6 Å². The van der Waals surface area contributed by atoms with E-state index in [1.54, 1.807) is 0 Å². The molecule has 2 amide bonds. The Labute approximate surface area is 78.5 Å². The number of nitrogens with one attached hydrogen (secondary N) is 1. The van der Waals surface area contributed by atoms with Gasteiger partial charge in [-0.2, -0.15) is 0 Å². The highest BCUT2D eigenvalue weighted by molar-refractivity contribution is 5.76. The van der Waals surface area contributed by atoms with E-state index in [0.29, 0.717) is 6.04 Å². The summed E-state index contributed by atoms with van der Waals surface area (Å²) < 4.78 is 0. The molecule has 2 unspecified atom stereocenters. The summed E-state index contributed by atoms with van der Waals surface area (Å²) in [5, 5.41) is 2.82. The smallest absolute Gasteiger partial charge is 0.317 e. The molecule has 0 aromatic heterocycles. The van der Waals surface area contributed by atoms with Crippen LogP contribution < -0.4 is 11.1 Å². The van der Waals surface area contributed by atoms with Gasteiger partial charge in [0.25, 0.3) is 0 Å². The second-order valence-electron chi connectivity index (χ2n) is 4.60. The van der Waals surface area contributed by atoms with E-state index >= 15 is 0 Å². The van der Waals surface area contributed by atoms with Crippen LogP contribution in [0.1, 0.15) is 20.3 Å². The van der Waals surface area contributed by atoms with Crippen molar-refractivity contribution in [3.05, 3.63) is 0 Å². The number of hydrogen-bond donors (Lipinski definition) is 2. The molecule has 13 heavy (non-hydrogen) atoms. The lowest BCUT2D eigenvalue weighted by atomic mass is 9.62. The van der Waals surface area contributed by atoms with E-state index < -0.39 is 0 Å². The first-order valence-corrected chi connectivity index (χ1v) is 4.83. The molecule has 0 radical (unpaired) electrons. The third kappa shape index (κ3) is 1.12. The van der Waals surface area contributed by atoms with Crippen LogP contribution in [0.3, 0.4) is 0 Å². The highest BCUT2D eigenvalue weighted by Crippen LogP contribution is 2.42. The van der Waals surface area contributed by atoms with Gasteiger partial charge in [0.2, 0.25) is 0 Å². The predicted octanol–water partition coefficient (Wildman–Crippen LogP) is 0.137. The van der Waals surface area contributed by atoms with Crippen LogP contribution >= 0.6 is 0 Å². The molecular formula is C9H17N3O. The Morgan fingerprint density at radius 2 is 2.31 bits per heavy atom. The summed E-state index contributed by atoms with van der Waals surface area (Å²) in [6.07, 6.45) is 0.945. The zero-order valence-electron chi connectivity index (χ0n) is 8.21. The van der Waals surface area contributed by atoms with Crippen LogP contribution in [0.25, 0.3) is 0 Å². The van der Waals surface area contributed by atoms with Crippen LogP contribution in [0.2, 0.25) is 0 Å². The maximum Gasteiger partial charge on any atom is 0.317 e. The van der Waals surface area contributed by atoms with Crippen molar-refractivity contribution in [1.29, 1.82) is 0 Å². The number of nitrogens with two attached hydrogens (primary N) is 1. The normalized spacial score (nSPS) is 37.2. The summed E-state index contributed by atoms with van der Waals surface area (Å²) in [5.74, 6) is 0. The predicted molar refractivity (Wildman–Crippen MR) is 50.3 cm³/mol. The van der Waals surface area contributed by atoms with E-state index in [9.17, 15) is 4.79 Å². The zero-order valence-corrected chi connectivity index (χ0v) is 8.21. The van der Waals surface area contributed by atoms with Gasteiger partial charge < -0.3 is 16.0 Å². The molecule has 0 spiro atoms. The molecule has 4 heteroatoms. The minimum Gasteiger partial charge on any atom is -0.336 e. The van der Waals surface area contributed by atoms with E-state index in [-0.39, 0.29) is 17.5 Å². The first-order valence-electron chi connectivity index (χ1n) is 4.83. The molecule has 0 aromatic carbocycles. The van der Waals surface area contributed by atoms with Gasteiger partial charge >= 0.3 is 6.03 Å². The molecule has 2 atom stereocenters. The number of rotatable bonds is 1. The van der Waals surface area contributed by atoms with Gasteiger partial charge in [-0.05, 0) is 6.42 Å². The third-order valence-electron chi connectivity index (χ3n) is 3.56. The number of hydrogen-bond acceptors (Lipinski definition) is 2. The Kier molecular flexibility index (Phi) is 1.77. The van der Waals surface area contributed by atoms with Crippen molar-refractivity contribution in [2.45, 2.75) is 32.4 Å². The lowest BCUT2D eigenvalue weighted by Gasteiger charge is -2.53. The SMILES string of the molecule is CC1(C)C(N)CC1N1CCNC1=O. The highest BCUT2D eigenvalue weighted by Gasteiger charge is 2.50. The Morgan fingerprint density at radius 1 is 1.62 bits per heavy atom. The van der Waals surface area contributed by atoms with Crippen molar-refractivity contribution in [1.82, 2.24) is 10.2 Å². The summed E-state index contributed by atoms with van der Waals surface area (Å²) in [7, 11) is 0. The maximum atomic E-state index is 11.4. The molecule has 4 nitrogen and oxygen atoms in total. The molecule has 1 heterocycles. The Balaban J connectivity index is 2.07. The van der Waals surface area contributed by atoms with Gasteiger partial charge in [0.05, 0.1) is 0 Å². The lowest BCUT2D eigenvalue weighted by Crippen LogP contribution is -2.65. The summed E-state index contributed by atoms with van der Waals surface area (Å²) in [4.78, 5) is 13.3. The summed E-state index contributed by atoms with van der Waals surface area (Å²) in [5.41, 5.74) is 5.99. The van der Waals surface area contributed by atoms with Crippen LogP contribution in [0.15, 0.2) is 0 Å². The van der Waals surface area contributed by atoms with Gasteiger partial charge in [-0.1, -0.05) is 13.8 Å². The summed E-state index contributed by atoms with van der Waals surface area (Å²) >= 11 is 0. The molecule has 2 rings (SSSR count). The molecule has 1 aliphatic carbocycles. The second kappa shape index (κ2) is 2.61. The number of amides is 2. The van der Waals surface area contributed by atoms with E-state index in [0.717, 1.165) is 19.5 Å². The molecular weight excluding hydrogens is 166 g/mol. The van der Waals surface area contributed by atoms with Crippen LogP contribution in [-0.2, 0) is 0 Å². The third-order valence-corrected chi connectivity index (χ3v) is 3.56. The van der Waals surface area contributed by atoms with Gasteiger partial charge in [-0.25, -0.2) is 4.79 Å². The maximum absolute atomic E-state index is 11.4. The lowest BCUT2D eigenvalue weighted by molar-refractivity contribution is 0.00993. The fraction of sp³-hybridized carbons (Fsp3) is 0.889. The van der Waals surface area contributed by atoms with Crippen molar-refractivity contribution in [3.8, 4) is 0 Å². The Morgan fingerprint density at radius 3 is 2.69 bits per heavy atom. The Bertz CT molecular complexity index is 239. The van der Waals surface area contributed by atoms with Crippen LogP contribution in [0.4, 0.5) is 4.79 Å². The van der Waals surface area contributed by atoms with Crippen molar-refractivity contribution in [2.24, 2.45) is 11.1 Å². The molecule has 1 saturated heterocycles. The van der Waals surface area contributed by atoms with Gasteiger partial charge in [0.1, 0.15) is 0 Å². The van der Waals surface area contributed by atoms with Gasteiger partial charge in [0.15, 0.2) is 0 Å². The quantitative estimate of drug-likeness (QED) is 0.607. The van der Waals surface area contributed by atoms with Gasteiger partial charge in [-0.15, -0.1) is 0 Å². The van der Waals surface area contributed by atoms with Gasteiger partial charge in [-0.3, -0.25) is 0 Å². The molecule has 0 aromatic rings. The fourth-order valence-electron chi connectivity index (χ4n) is 2.25. The first kappa shape index (κ1) is 8.81. The standard InChI is InChI=1S/C9H17N3O/c1-9(2)6(10)5-7(9)12-4-3-11-8(12)13/h6-7H,3-5,10H2,1-2H3,(H,11,13). The van der Waals surface area contributed by atoms with Crippen molar-refractivity contribution >= 4 is 6.03 Å². The zero-order chi connectivity index (χ0) is 9.64. The summed E-state index contributed by atoms with van der Waals surface area (Å²) in [6.45, 7) is 5.88. The van der Waals surface area contributed by atoms with Crippen LogP contribution in [0.5, 0.6) is 0 Å². The largest absolute Gasteiger partial charge is 0.336 e. The van der Waals surface area contributed by atoms with Crippen LogP contribution in [-0.4, -0.2) is 36.1 Å². The van der Waals surface area contributed by atoms with Crippen LogP contribution in [0, 0.1) is 5.41 Å². The van der Waals surface area contributed by atoms with E-state index in [1.807, 2.05) is 4.90 Å². The molecule has 1 aliphatic heterocycles. The number of nitrogens with zero attached hydrogens (tertiary/aromatic N) is 1. The highest BCUT2D eigenvalue weighted by atomic mass is 16.2. The molecule has 0 bridgehead atoms. The molecule has 2 fully saturated rings. The van der Waals surface area contributed by atoms with Crippen molar-refractivity contribution < 1.29 is 4.79 Å². The van der Waals surface area contributed by atoms with Crippen molar-refractivity contribution in [3.63, 3.8) is 0 Å². The molecule has 2 aliphatic rings. The number of carbonyl (C=O) groups is 1. The minimum atomic E-state index is 0.0741. The topological polar surface area (TPSA) is 58.4 Å². The average molecular weight is 183 g/mol. The average Bonchev–Trinajstić information content (AvgIpc) is 2.47. The number of urea groups is 1. The van der Waals surface area contributed by atoms with E-state index in [4.69, 9.17) is 5.73 Å². The van der Waals surface area contributed by atoms with Crippen molar-refractivity contribution in [2.75, 3.05) is 13.1 Å². The van der Waals surface area contributed by atoms with E-state index in [2.05, 4.69) is 19.2 Å². The first-order chi connectivity index (χ1) is 6.03. The fourth-order valence-corrected chi connectivity index (χ4v) is 2.25. The monoisotopic (exact) mass is 183 g/mol.